The van der Waals surface area contributed by atoms with Gasteiger partial charge in [0.1, 0.15) is 0 Å². The fraction of sp³-hybridized carbons (Fsp3) is 0.125. The number of aromatic nitrogens is 3. The number of benzene rings is 3. The summed E-state index contributed by atoms with van der Waals surface area (Å²) in [5, 5.41) is 8.08. The number of hydrogen-bond acceptors (Lipinski definition) is 3. The molecule has 4 rings (SSSR count). The first-order valence-electron chi connectivity index (χ1n) is 9.60. The van der Waals surface area contributed by atoms with Crippen LogP contribution in [0.5, 0.6) is 0 Å². The molecule has 1 amide bonds. The molecule has 0 saturated heterocycles. The molecule has 0 radical (unpaired) electrons. The monoisotopic (exact) mass is 416 g/mol. The molecule has 30 heavy (non-hydrogen) atoms. The van der Waals surface area contributed by atoms with E-state index in [1.54, 1.807) is 4.68 Å². The average Bonchev–Trinajstić information content (AvgIpc) is 3.17. The number of amides is 1. The Balaban J connectivity index is 1.83. The van der Waals surface area contributed by atoms with Gasteiger partial charge in [0.2, 0.25) is 5.82 Å². The predicted octanol–water partition coefficient (Wildman–Crippen LogP) is 5.77. The Morgan fingerprint density at radius 2 is 1.73 bits per heavy atom. The molecule has 1 N–H and O–H groups in total. The maximum Gasteiger partial charge on any atom is 0.295 e. The molecule has 0 unspecified atom stereocenters. The van der Waals surface area contributed by atoms with E-state index in [1.807, 2.05) is 87.5 Å². The summed E-state index contributed by atoms with van der Waals surface area (Å²) < 4.78 is 1.68. The lowest BCUT2D eigenvalue weighted by Crippen LogP contribution is -2.15. The fourth-order valence-electron chi connectivity index (χ4n) is 3.26. The van der Waals surface area contributed by atoms with Crippen LogP contribution >= 0.6 is 11.6 Å². The van der Waals surface area contributed by atoms with Crippen molar-refractivity contribution in [1.29, 1.82) is 0 Å². The minimum Gasteiger partial charge on any atom is -0.319 e. The van der Waals surface area contributed by atoms with Crippen molar-refractivity contribution in [1.82, 2.24) is 14.8 Å². The second kappa shape index (κ2) is 8.13. The highest BCUT2D eigenvalue weighted by atomic mass is 35.5. The first-order valence-corrected chi connectivity index (χ1v) is 9.98. The largest absolute Gasteiger partial charge is 0.319 e. The van der Waals surface area contributed by atoms with Gasteiger partial charge in [0.05, 0.1) is 5.69 Å². The Hall–Kier alpha value is -3.44. The van der Waals surface area contributed by atoms with E-state index < -0.39 is 0 Å². The molecule has 5 nitrogen and oxygen atoms in total. The minimum atomic E-state index is -0.364. The van der Waals surface area contributed by atoms with Gasteiger partial charge in [-0.3, -0.25) is 4.79 Å². The van der Waals surface area contributed by atoms with E-state index >= 15 is 0 Å². The summed E-state index contributed by atoms with van der Waals surface area (Å²) in [7, 11) is 0. The molecule has 0 spiro atoms. The summed E-state index contributed by atoms with van der Waals surface area (Å²) in [6.45, 7) is 5.88. The first-order chi connectivity index (χ1) is 14.4. The van der Waals surface area contributed by atoms with E-state index in [9.17, 15) is 4.79 Å². The van der Waals surface area contributed by atoms with Crippen molar-refractivity contribution in [3.8, 4) is 17.1 Å². The van der Waals surface area contributed by atoms with Crippen molar-refractivity contribution in [2.24, 2.45) is 0 Å². The Morgan fingerprint density at radius 1 is 0.967 bits per heavy atom. The number of carbonyl (C=O) groups is 1. The summed E-state index contributed by atoms with van der Waals surface area (Å²) in [6.07, 6.45) is 0. The van der Waals surface area contributed by atoms with Gasteiger partial charge in [-0.25, -0.2) is 9.67 Å². The van der Waals surface area contributed by atoms with Crippen LogP contribution in [0.25, 0.3) is 17.1 Å². The zero-order valence-electron chi connectivity index (χ0n) is 17.0. The van der Waals surface area contributed by atoms with Gasteiger partial charge in [-0.05, 0) is 56.2 Å². The van der Waals surface area contributed by atoms with Gasteiger partial charge in [-0.15, -0.1) is 5.10 Å². The summed E-state index contributed by atoms with van der Waals surface area (Å²) >= 11 is 6.34. The Labute approximate surface area is 180 Å². The third kappa shape index (κ3) is 3.84. The van der Waals surface area contributed by atoms with Crippen molar-refractivity contribution in [2.45, 2.75) is 20.8 Å². The molecule has 3 aromatic carbocycles. The number of hydrogen-bond donors (Lipinski definition) is 1. The molecule has 4 aromatic rings. The van der Waals surface area contributed by atoms with Crippen LogP contribution in [-0.4, -0.2) is 20.7 Å². The van der Waals surface area contributed by atoms with Gasteiger partial charge < -0.3 is 5.32 Å². The molecule has 0 fully saturated rings. The Kier molecular flexibility index (Phi) is 5.38. The van der Waals surface area contributed by atoms with E-state index in [0.29, 0.717) is 10.8 Å². The number of anilines is 1. The summed E-state index contributed by atoms with van der Waals surface area (Å²) in [6, 6.07) is 21.1. The molecular weight excluding hydrogens is 396 g/mol. The minimum absolute atomic E-state index is 0.0918. The van der Waals surface area contributed by atoms with Crippen molar-refractivity contribution in [3.05, 3.63) is 94.3 Å². The summed E-state index contributed by atoms with van der Waals surface area (Å²) in [5.41, 5.74) is 5.31. The van der Waals surface area contributed by atoms with Crippen molar-refractivity contribution >= 4 is 23.2 Å². The maximum atomic E-state index is 12.9. The topological polar surface area (TPSA) is 59.8 Å². The highest BCUT2D eigenvalue weighted by Crippen LogP contribution is 2.27. The number of rotatable bonds is 4. The Bertz CT molecular complexity index is 1250. The molecule has 0 aliphatic carbocycles. The molecule has 0 aliphatic rings. The molecule has 6 heteroatoms. The van der Waals surface area contributed by atoms with Gasteiger partial charge in [0.25, 0.3) is 5.91 Å². The smallest absolute Gasteiger partial charge is 0.295 e. The van der Waals surface area contributed by atoms with Crippen LogP contribution < -0.4 is 5.32 Å². The van der Waals surface area contributed by atoms with E-state index in [0.717, 1.165) is 33.6 Å². The SMILES string of the molecule is Cc1cccc(-c2nc(C(=O)Nc3ccccc3C)nn2-c2cccc(Cl)c2C)c1. The van der Waals surface area contributed by atoms with Crippen molar-refractivity contribution in [2.75, 3.05) is 5.32 Å². The van der Waals surface area contributed by atoms with Gasteiger partial charge in [0.15, 0.2) is 5.82 Å². The van der Waals surface area contributed by atoms with Gasteiger partial charge >= 0.3 is 0 Å². The number of nitrogens with zero attached hydrogens (tertiary/aromatic N) is 3. The molecule has 0 atom stereocenters. The zero-order chi connectivity index (χ0) is 21.3. The highest BCUT2D eigenvalue weighted by Gasteiger charge is 2.20. The van der Waals surface area contributed by atoms with Crippen LogP contribution in [0.1, 0.15) is 27.3 Å². The van der Waals surface area contributed by atoms with E-state index in [1.165, 1.54) is 0 Å². The number of aryl methyl sites for hydroxylation is 2. The standard InChI is InChI=1S/C24H21ClN4O/c1-15-8-6-10-18(14-15)23-27-22(24(30)26-20-12-5-4-9-16(20)2)28-29(23)21-13-7-11-19(25)17(21)3/h4-14H,1-3H3,(H,26,30). The lowest BCUT2D eigenvalue weighted by molar-refractivity contribution is 0.101. The van der Waals surface area contributed by atoms with E-state index in [-0.39, 0.29) is 11.7 Å². The third-order valence-corrected chi connectivity index (χ3v) is 5.36. The van der Waals surface area contributed by atoms with Crippen LogP contribution in [-0.2, 0) is 0 Å². The predicted molar refractivity (Wildman–Crippen MR) is 120 cm³/mol. The number of halogens is 1. The van der Waals surface area contributed by atoms with Gasteiger partial charge in [-0.2, -0.15) is 0 Å². The molecule has 0 bridgehead atoms. The normalized spacial score (nSPS) is 10.8. The third-order valence-electron chi connectivity index (χ3n) is 4.95. The van der Waals surface area contributed by atoms with Gasteiger partial charge in [0, 0.05) is 16.3 Å². The summed E-state index contributed by atoms with van der Waals surface area (Å²) in [4.78, 5) is 17.5. The number of carbonyl (C=O) groups excluding carboxylic acids is 1. The summed E-state index contributed by atoms with van der Waals surface area (Å²) in [5.74, 6) is 0.310. The van der Waals surface area contributed by atoms with Crippen molar-refractivity contribution in [3.63, 3.8) is 0 Å². The molecule has 0 saturated carbocycles. The van der Waals surface area contributed by atoms with Crippen LogP contribution in [0.2, 0.25) is 5.02 Å². The average molecular weight is 417 g/mol. The molecular formula is C24H21ClN4O. The lowest BCUT2D eigenvalue weighted by Gasteiger charge is -2.10. The van der Waals surface area contributed by atoms with Crippen molar-refractivity contribution < 1.29 is 4.79 Å². The van der Waals surface area contributed by atoms with Gasteiger partial charge in [-0.1, -0.05) is 59.6 Å². The van der Waals surface area contributed by atoms with Crippen LogP contribution in [0, 0.1) is 20.8 Å². The second-order valence-electron chi connectivity index (χ2n) is 7.19. The quantitative estimate of drug-likeness (QED) is 0.459. The number of nitrogens with one attached hydrogen (secondary N) is 1. The Morgan fingerprint density at radius 3 is 2.50 bits per heavy atom. The van der Waals surface area contributed by atoms with E-state index in [2.05, 4.69) is 15.4 Å². The maximum absolute atomic E-state index is 12.9. The molecule has 1 heterocycles. The van der Waals surface area contributed by atoms with Crippen LogP contribution in [0.4, 0.5) is 5.69 Å². The van der Waals surface area contributed by atoms with E-state index in [4.69, 9.17) is 11.6 Å². The zero-order valence-corrected chi connectivity index (χ0v) is 17.7. The highest BCUT2D eigenvalue weighted by molar-refractivity contribution is 6.31. The molecule has 150 valence electrons. The van der Waals surface area contributed by atoms with Crippen LogP contribution in [0.15, 0.2) is 66.7 Å². The molecule has 1 aromatic heterocycles. The molecule has 0 aliphatic heterocycles. The lowest BCUT2D eigenvalue weighted by atomic mass is 10.1. The first kappa shape index (κ1) is 19.9. The van der Waals surface area contributed by atoms with Crippen LogP contribution in [0.3, 0.4) is 0 Å². The fourth-order valence-corrected chi connectivity index (χ4v) is 3.43. The number of para-hydroxylation sites is 1. The second-order valence-corrected chi connectivity index (χ2v) is 7.60.